The molecule has 0 saturated heterocycles. The number of nitrogens with zero attached hydrogens (tertiary/aromatic N) is 2. The van der Waals surface area contributed by atoms with Gasteiger partial charge in [-0.05, 0) is 75.1 Å². The van der Waals surface area contributed by atoms with Crippen molar-refractivity contribution >= 4 is 17.7 Å². The van der Waals surface area contributed by atoms with Crippen molar-refractivity contribution in [3.63, 3.8) is 0 Å². The molecule has 1 aromatic heterocycles. The summed E-state index contributed by atoms with van der Waals surface area (Å²) in [7, 11) is 0. The molecule has 2 aliphatic rings. The summed E-state index contributed by atoms with van der Waals surface area (Å²) in [5, 5.41) is 7.01. The van der Waals surface area contributed by atoms with Gasteiger partial charge in [0.1, 0.15) is 0 Å². The average Bonchev–Trinajstić information content (AvgIpc) is 3.37. The van der Waals surface area contributed by atoms with Crippen LogP contribution < -0.4 is 5.32 Å². The lowest BCUT2D eigenvalue weighted by molar-refractivity contribution is 0.0915. The van der Waals surface area contributed by atoms with Gasteiger partial charge in [0.25, 0.3) is 5.91 Å². The zero-order valence-electron chi connectivity index (χ0n) is 15.3. The first-order valence-electron chi connectivity index (χ1n) is 9.41. The highest BCUT2D eigenvalue weighted by atomic mass is 32.2. The van der Waals surface area contributed by atoms with E-state index in [1.54, 1.807) is 11.8 Å². The van der Waals surface area contributed by atoms with E-state index < -0.39 is 0 Å². The van der Waals surface area contributed by atoms with E-state index in [-0.39, 0.29) is 11.9 Å². The Kier molecular flexibility index (Phi) is 5.02. The molecule has 6 heteroatoms. The fourth-order valence-corrected chi connectivity index (χ4v) is 5.29. The Hall–Kier alpha value is -1.82. The zero-order valence-corrected chi connectivity index (χ0v) is 16.1. The van der Waals surface area contributed by atoms with Gasteiger partial charge in [0, 0.05) is 16.5 Å². The number of hydrogen-bond acceptors (Lipinski definition) is 5. The highest BCUT2D eigenvalue weighted by Crippen LogP contribution is 2.49. The molecular weight excluding hydrogens is 346 g/mol. The molecule has 2 fully saturated rings. The molecule has 1 amide bonds. The maximum absolute atomic E-state index is 12.6. The summed E-state index contributed by atoms with van der Waals surface area (Å²) in [5.74, 6) is 4.32. The molecule has 0 spiro atoms. The molecule has 0 radical (unpaired) electrons. The first-order chi connectivity index (χ1) is 12.6. The number of carbonyl (C=O) groups is 1. The zero-order chi connectivity index (χ0) is 18.1. The second-order valence-corrected chi connectivity index (χ2v) is 8.70. The van der Waals surface area contributed by atoms with Crippen molar-refractivity contribution in [1.29, 1.82) is 0 Å². The molecule has 4 unspecified atom stereocenters. The van der Waals surface area contributed by atoms with E-state index in [0.717, 1.165) is 22.3 Å². The summed E-state index contributed by atoms with van der Waals surface area (Å²) in [6.07, 6.45) is 5.40. The number of thioether (sulfide) groups is 1. The predicted octanol–water partition coefficient (Wildman–Crippen LogP) is 4.22. The van der Waals surface area contributed by atoms with Crippen LogP contribution in [0.25, 0.3) is 0 Å². The van der Waals surface area contributed by atoms with Gasteiger partial charge in [-0.2, -0.15) is 4.98 Å². The van der Waals surface area contributed by atoms with Crippen LogP contribution in [0.2, 0.25) is 0 Å². The number of fused-ring (bicyclic) bond motifs is 2. The molecule has 4 atom stereocenters. The average molecular weight is 372 g/mol. The van der Waals surface area contributed by atoms with Crippen LogP contribution >= 0.6 is 11.8 Å². The van der Waals surface area contributed by atoms with Crippen LogP contribution in [0.5, 0.6) is 0 Å². The second-order valence-electron chi connectivity index (χ2n) is 7.65. The second kappa shape index (κ2) is 7.43. The van der Waals surface area contributed by atoms with Crippen LogP contribution in [0.3, 0.4) is 0 Å². The van der Waals surface area contributed by atoms with Crippen molar-refractivity contribution in [2.75, 3.05) is 0 Å². The molecule has 1 aromatic carbocycles. The third-order valence-electron chi connectivity index (χ3n) is 5.84. The monoisotopic (exact) mass is 371 g/mol. The van der Waals surface area contributed by atoms with E-state index >= 15 is 0 Å². The van der Waals surface area contributed by atoms with Gasteiger partial charge in [0.2, 0.25) is 5.89 Å². The summed E-state index contributed by atoms with van der Waals surface area (Å²) in [5.41, 5.74) is 0.720. The Morgan fingerprint density at radius 2 is 2.12 bits per heavy atom. The minimum Gasteiger partial charge on any atom is -0.349 e. The van der Waals surface area contributed by atoms with E-state index in [1.165, 1.54) is 25.7 Å². The predicted molar refractivity (Wildman–Crippen MR) is 101 cm³/mol. The molecule has 1 N–H and O–H groups in total. The molecule has 138 valence electrons. The maximum Gasteiger partial charge on any atom is 0.251 e. The first kappa shape index (κ1) is 17.6. The molecule has 1 heterocycles. The molecule has 2 aliphatic carbocycles. The lowest BCUT2D eigenvalue weighted by Gasteiger charge is -2.28. The van der Waals surface area contributed by atoms with Gasteiger partial charge in [0.15, 0.2) is 5.82 Å². The van der Waals surface area contributed by atoms with Crippen LogP contribution in [0, 0.1) is 24.7 Å². The lowest BCUT2D eigenvalue weighted by Crippen LogP contribution is -2.40. The van der Waals surface area contributed by atoms with Crippen LogP contribution in [0.1, 0.15) is 54.7 Å². The minimum atomic E-state index is 0.0318. The Morgan fingerprint density at radius 1 is 1.31 bits per heavy atom. The first-order valence-corrected chi connectivity index (χ1v) is 10.4. The summed E-state index contributed by atoms with van der Waals surface area (Å²) in [6.45, 7) is 3.97. The molecule has 0 aliphatic heterocycles. The van der Waals surface area contributed by atoms with E-state index in [0.29, 0.717) is 23.4 Å². The number of carbonyl (C=O) groups excluding carboxylic acids is 1. The minimum absolute atomic E-state index is 0.0318. The Morgan fingerprint density at radius 3 is 2.73 bits per heavy atom. The van der Waals surface area contributed by atoms with Crippen molar-refractivity contribution in [2.24, 2.45) is 17.8 Å². The van der Waals surface area contributed by atoms with Crippen LogP contribution in [-0.4, -0.2) is 22.1 Å². The number of nitrogens with one attached hydrogen (secondary N) is 1. The van der Waals surface area contributed by atoms with Gasteiger partial charge in [-0.1, -0.05) is 11.6 Å². The molecule has 2 saturated carbocycles. The van der Waals surface area contributed by atoms with Crippen LogP contribution in [0.4, 0.5) is 0 Å². The van der Waals surface area contributed by atoms with Gasteiger partial charge < -0.3 is 9.84 Å². The molecular formula is C20H25N3O2S. The Labute approximate surface area is 158 Å². The fraction of sp³-hybridized carbons (Fsp3) is 0.550. The molecule has 4 rings (SSSR count). The van der Waals surface area contributed by atoms with Crippen molar-refractivity contribution in [3.8, 4) is 0 Å². The lowest BCUT2D eigenvalue weighted by atomic mass is 9.84. The highest BCUT2D eigenvalue weighted by molar-refractivity contribution is 7.98. The van der Waals surface area contributed by atoms with Crippen LogP contribution in [-0.2, 0) is 5.75 Å². The summed E-state index contributed by atoms with van der Waals surface area (Å²) in [4.78, 5) is 17.8. The van der Waals surface area contributed by atoms with Crippen molar-refractivity contribution in [3.05, 3.63) is 41.5 Å². The summed E-state index contributed by atoms with van der Waals surface area (Å²) in [6, 6.07) is 8.00. The maximum atomic E-state index is 12.6. The number of rotatable bonds is 6. The smallest absolute Gasteiger partial charge is 0.251 e. The molecule has 2 bridgehead atoms. The van der Waals surface area contributed by atoms with Gasteiger partial charge in [-0.15, -0.1) is 11.8 Å². The number of aryl methyl sites for hydroxylation is 1. The highest BCUT2D eigenvalue weighted by Gasteiger charge is 2.42. The van der Waals surface area contributed by atoms with Crippen LogP contribution in [0.15, 0.2) is 33.7 Å². The third-order valence-corrected chi connectivity index (χ3v) is 6.84. The molecule has 26 heavy (non-hydrogen) atoms. The Bertz CT molecular complexity index is 774. The number of hydrogen-bond donors (Lipinski definition) is 1. The standard InChI is InChI=1S/C20H25N3O2S/c1-12(18-10-14-3-4-16(18)9-14)21-20(24)15-5-7-17(8-6-15)26-11-19-22-13(2)23-25-19/h5-8,12,14,16,18H,3-4,9-11H2,1-2H3,(H,21,24). The van der Waals surface area contributed by atoms with E-state index in [9.17, 15) is 4.79 Å². The van der Waals surface area contributed by atoms with E-state index in [1.807, 2.05) is 31.2 Å². The number of benzene rings is 1. The fourth-order valence-electron chi connectivity index (χ4n) is 4.55. The Balaban J connectivity index is 1.30. The summed E-state index contributed by atoms with van der Waals surface area (Å²) < 4.78 is 5.12. The van der Waals surface area contributed by atoms with E-state index in [4.69, 9.17) is 4.52 Å². The van der Waals surface area contributed by atoms with Crippen molar-refractivity contribution in [1.82, 2.24) is 15.5 Å². The topological polar surface area (TPSA) is 68.0 Å². The SMILES string of the molecule is Cc1noc(CSc2ccc(C(=O)NC(C)C3CC4CCC3C4)cc2)n1. The quantitative estimate of drug-likeness (QED) is 0.770. The largest absolute Gasteiger partial charge is 0.349 e. The van der Waals surface area contributed by atoms with E-state index in [2.05, 4.69) is 22.4 Å². The number of aromatic nitrogens is 2. The normalized spacial score (nSPS) is 25.4. The van der Waals surface area contributed by atoms with Crippen molar-refractivity contribution in [2.45, 2.75) is 56.2 Å². The van der Waals surface area contributed by atoms with Gasteiger partial charge in [0.05, 0.1) is 5.75 Å². The van der Waals surface area contributed by atoms with Gasteiger partial charge >= 0.3 is 0 Å². The summed E-state index contributed by atoms with van der Waals surface area (Å²) >= 11 is 1.62. The van der Waals surface area contributed by atoms with Crippen molar-refractivity contribution < 1.29 is 9.32 Å². The molecule has 5 nitrogen and oxygen atoms in total. The third kappa shape index (κ3) is 3.80. The van der Waals surface area contributed by atoms with Gasteiger partial charge in [-0.3, -0.25) is 4.79 Å². The number of amides is 1. The molecule has 2 aromatic rings. The van der Waals surface area contributed by atoms with Gasteiger partial charge in [-0.25, -0.2) is 0 Å².